The Labute approximate surface area is 172 Å². The van der Waals surface area contributed by atoms with Crippen LogP contribution >= 0.6 is 0 Å². The highest BCUT2D eigenvalue weighted by Gasteiger charge is 2.44. The quantitative estimate of drug-likeness (QED) is 0.502. The number of sulfone groups is 1. The Morgan fingerprint density at radius 1 is 1.40 bits per heavy atom. The van der Waals surface area contributed by atoms with Gasteiger partial charge >= 0.3 is 6.03 Å². The molecule has 0 fully saturated rings. The molecule has 0 unspecified atom stereocenters. The minimum absolute atomic E-state index is 0.0274. The highest BCUT2D eigenvalue weighted by Crippen LogP contribution is 2.33. The predicted molar refractivity (Wildman–Crippen MR) is 105 cm³/mol. The van der Waals surface area contributed by atoms with Crippen molar-refractivity contribution in [1.82, 2.24) is 14.9 Å². The number of ether oxygens (including phenoxy) is 1. The van der Waals surface area contributed by atoms with E-state index in [-0.39, 0.29) is 25.3 Å². The fraction of sp³-hybridized carbons (Fsp3) is 0.368. The molecule has 1 aliphatic rings. The van der Waals surface area contributed by atoms with Crippen LogP contribution in [-0.4, -0.2) is 59.7 Å². The van der Waals surface area contributed by atoms with Gasteiger partial charge in [0.1, 0.15) is 0 Å². The van der Waals surface area contributed by atoms with Crippen molar-refractivity contribution in [1.29, 1.82) is 0 Å². The van der Waals surface area contributed by atoms with Gasteiger partial charge in [-0.05, 0) is 25.5 Å². The highest BCUT2D eigenvalue weighted by molar-refractivity contribution is 7.92. The van der Waals surface area contributed by atoms with Gasteiger partial charge in [-0.25, -0.2) is 23.1 Å². The number of fused-ring (bicyclic) bond motifs is 1. The molecule has 2 aromatic rings. The van der Waals surface area contributed by atoms with E-state index >= 15 is 0 Å². The van der Waals surface area contributed by atoms with Gasteiger partial charge in [0.05, 0.1) is 13.7 Å². The van der Waals surface area contributed by atoms with Crippen molar-refractivity contribution in [2.24, 2.45) is 0 Å². The van der Waals surface area contributed by atoms with Crippen LogP contribution in [-0.2, 0) is 21.2 Å². The van der Waals surface area contributed by atoms with Crippen LogP contribution < -0.4 is 10.2 Å². The first-order chi connectivity index (χ1) is 14.0. The number of benzene rings is 1. The second-order valence-electron chi connectivity index (χ2n) is 7.31. The monoisotopic (exact) mass is 439 g/mol. The number of methoxy groups -OCH3 is 1. The van der Waals surface area contributed by atoms with Crippen molar-refractivity contribution in [3.05, 3.63) is 42.0 Å². The van der Waals surface area contributed by atoms with Crippen LogP contribution in [0.5, 0.6) is 5.75 Å². The first-order valence-electron chi connectivity index (χ1n) is 9.01. The second kappa shape index (κ2) is 7.73. The highest BCUT2D eigenvalue weighted by atomic mass is 32.2. The third-order valence-electron chi connectivity index (χ3n) is 5.48. The van der Waals surface area contributed by atoms with E-state index in [0.717, 1.165) is 6.26 Å². The van der Waals surface area contributed by atoms with Gasteiger partial charge in [-0.2, -0.15) is 0 Å². The molecule has 11 heteroatoms. The number of carbonyl (C=O) groups excluding carboxylic acids is 2. The van der Waals surface area contributed by atoms with Crippen LogP contribution in [0.25, 0.3) is 11.1 Å². The molecule has 0 saturated carbocycles. The molecule has 1 aromatic heterocycles. The van der Waals surface area contributed by atoms with E-state index in [2.05, 4.69) is 0 Å². The molecule has 162 valence electrons. The summed E-state index contributed by atoms with van der Waals surface area (Å²) in [5, 5.41) is 8.90. The van der Waals surface area contributed by atoms with Crippen LogP contribution in [0.3, 0.4) is 0 Å². The summed E-state index contributed by atoms with van der Waals surface area (Å²) in [6.07, 6.45) is 2.20. The summed E-state index contributed by atoms with van der Waals surface area (Å²) in [7, 11) is -2.50. The standard InChI is InChI=1S/C19H22FN3O6S/c1-19(17(24)21-26,30(3,27)28)7-8-22-11-13-9-12(10-23(13)18(22)25)14-5-4-6-15(29-2)16(14)20/h4-6,9-10,26H,7-8,11H2,1-3H3,(H,21,24)/t19-/m1/s1. The van der Waals surface area contributed by atoms with Gasteiger partial charge in [-0.3, -0.25) is 14.6 Å². The van der Waals surface area contributed by atoms with E-state index < -0.39 is 32.3 Å². The van der Waals surface area contributed by atoms with Crippen molar-refractivity contribution in [2.45, 2.75) is 24.6 Å². The largest absolute Gasteiger partial charge is 0.494 e. The molecule has 9 nitrogen and oxygen atoms in total. The zero-order valence-corrected chi connectivity index (χ0v) is 17.5. The van der Waals surface area contributed by atoms with E-state index in [0.29, 0.717) is 16.8 Å². The fourth-order valence-corrected chi connectivity index (χ4v) is 4.22. The summed E-state index contributed by atoms with van der Waals surface area (Å²) >= 11 is 0. The van der Waals surface area contributed by atoms with Gasteiger partial charge in [0.25, 0.3) is 5.91 Å². The lowest BCUT2D eigenvalue weighted by atomic mass is 10.1. The number of hydrogen-bond donors (Lipinski definition) is 2. The molecule has 0 saturated heterocycles. The van der Waals surface area contributed by atoms with Crippen molar-refractivity contribution >= 4 is 21.8 Å². The molecular weight excluding hydrogens is 417 g/mol. The van der Waals surface area contributed by atoms with Crippen molar-refractivity contribution in [2.75, 3.05) is 19.9 Å². The molecule has 1 atom stereocenters. The number of hydroxylamine groups is 1. The number of hydrogen-bond acceptors (Lipinski definition) is 6. The maximum absolute atomic E-state index is 14.5. The maximum atomic E-state index is 14.5. The summed E-state index contributed by atoms with van der Waals surface area (Å²) in [5.74, 6) is -1.51. The Kier molecular flexibility index (Phi) is 5.61. The SMILES string of the molecule is COc1cccc(-c2cc3n(c2)C(=O)N(CC[C@](C)(C(=O)NO)S(C)(=O)=O)C3)c1F. The van der Waals surface area contributed by atoms with E-state index in [1.807, 2.05) is 0 Å². The molecule has 2 amide bonds. The Morgan fingerprint density at radius 3 is 2.67 bits per heavy atom. The number of nitrogens with one attached hydrogen (secondary N) is 1. The number of amides is 2. The van der Waals surface area contributed by atoms with Crippen LogP contribution in [0.4, 0.5) is 9.18 Å². The molecular formula is C19H22FN3O6S. The van der Waals surface area contributed by atoms with Gasteiger partial charge in [0, 0.05) is 35.8 Å². The lowest BCUT2D eigenvalue weighted by molar-refractivity contribution is -0.131. The maximum Gasteiger partial charge on any atom is 0.328 e. The number of rotatable bonds is 7. The number of nitrogens with zero attached hydrogens (tertiary/aromatic N) is 2. The van der Waals surface area contributed by atoms with E-state index in [1.165, 1.54) is 41.2 Å². The molecule has 1 aliphatic heterocycles. The fourth-order valence-electron chi connectivity index (χ4n) is 3.37. The number of carbonyl (C=O) groups is 2. The Hall–Kier alpha value is -2.92. The van der Waals surface area contributed by atoms with Gasteiger partial charge in [-0.1, -0.05) is 12.1 Å². The van der Waals surface area contributed by atoms with Crippen LogP contribution in [0.15, 0.2) is 30.5 Å². The normalized spacial score (nSPS) is 15.6. The molecule has 2 N–H and O–H groups in total. The molecule has 0 spiro atoms. The molecule has 3 rings (SSSR count). The van der Waals surface area contributed by atoms with Crippen LogP contribution in [0.2, 0.25) is 0 Å². The molecule has 2 heterocycles. The van der Waals surface area contributed by atoms with E-state index in [4.69, 9.17) is 9.94 Å². The topological polar surface area (TPSA) is 118 Å². The summed E-state index contributed by atoms with van der Waals surface area (Å²) in [5.41, 5.74) is 2.78. The first-order valence-corrected chi connectivity index (χ1v) is 10.9. The first kappa shape index (κ1) is 21.8. The second-order valence-corrected chi connectivity index (χ2v) is 9.76. The third-order valence-corrected chi connectivity index (χ3v) is 7.51. The molecule has 30 heavy (non-hydrogen) atoms. The average molecular weight is 439 g/mol. The van der Waals surface area contributed by atoms with Gasteiger partial charge in [0.15, 0.2) is 26.2 Å². The molecule has 0 bridgehead atoms. The van der Waals surface area contributed by atoms with Gasteiger partial charge in [0.2, 0.25) is 0 Å². The average Bonchev–Trinajstić information content (AvgIpc) is 3.24. The van der Waals surface area contributed by atoms with E-state index in [1.54, 1.807) is 18.2 Å². The minimum Gasteiger partial charge on any atom is -0.494 e. The Morgan fingerprint density at radius 2 is 2.10 bits per heavy atom. The van der Waals surface area contributed by atoms with Crippen molar-refractivity contribution in [3.8, 4) is 16.9 Å². The molecule has 0 radical (unpaired) electrons. The Bertz CT molecular complexity index is 1110. The lowest BCUT2D eigenvalue weighted by Gasteiger charge is -2.27. The smallest absolute Gasteiger partial charge is 0.328 e. The number of halogens is 1. The lowest BCUT2D eigenvalue weighted by Crippen LogP contribution is -2.50. The van der Waals surface area contributed by atoms with E-state index in [9.17, 15) is 22.4 Å². The van der Waals surface area contributed by atoms with Gasteiger partial charge in [-0.15, -0.1) is 0 Å². The van der Waals surface area contributed by atoms with Crippen molar-refractivity contribution < 1.29 is 32.3 Å². The van der Waals surface area contributed by atoms with Gasteiger partial charge < -0.3 is 9.64 Å². The van der Waals surface area contributed by atoms with Crippen LogP contribution in [0.1, 0.15) is 19.0 Å². The molecule has 0 aliphatic carbocycles. The van der Waals surface area contributed by atoms with Crippen molar-refractivity contribution in [3.63, 3.8) is 0 Å². The molecule has 1 aromatic carbocycles. The summed E-state index contributed by atoms with van der Waals surface area (Å²) in [6.45, 7) is 1.34. The zero-order valence-electron chi connectivity index (χ0n) is 16.7. The summed E-state index contributed by atoms with van der Waals surface area (Å²) in [4.78, 5) is 26.0. The summed E-state index contributed by atoms with van der Waals surface area (Å²) < 4.78 is 43.1. The zero-order chi connectivity index (χ0) is 22.3. The minimum atomic E-state index is -3.86. The Balaban J connectivity index is 1.80. The van der Waals surface area contributed by atoms with Crippen LogP contribution in [0, 0.1) is 5.82 Å². The number of aromatic nitrogens is 1. The third kappa shape index (κ3) is 3.54. The predicted octanol–water partition coefficient (Wildman–Crippen LogP) is 1.79. The summed E-state index contributed by atoms with van der Waals surface area (Å²) in [6, 6.07) is 5.98.